The summed E-state index contributed by atoms with van der Waals surface area (Å²) >= 11 is 0. The molecule has 0 aliphatic rings. The number of aromatic nitrogens is 1. The van der Waals surface area contributed by atoms with E-state index in [0.29, 0.717) is 45.1 Å². The Hall–Kier alpha value is -4.46. The quantitative estimate of drug-likeness (QED) is 0.196. The molecule has 2 heterocycles. The van der Waals surface area contributed by atoms with Crippen LogP contribution in [0.1, 0.15) is 60.8 Å². The lowest BCUT2D eigenvalue weighted by Gasteiger charge is -2.22. The average molecular weight is 513 g/mol. The molecule has 196 valence electrons. The van der Waals surface area contributed by atoms with Gasteiger partial charge in [-0.25, -0.2) is 9.78 Å². The van der Waals surface area contributed by atoms with Gasteiger partial charge in [0.1, 0.15) is 22.7 Å². The Morgan fingerprint density at radius 3 is 2.55 bits per heavy atom. The topological polar surface area (TPSA) is 117 Å². The third-order valence-corrected chi connectivity index (χ3v) is 5.96. The summed E-state index contributed by atoms with van der Waals surface area (Å²) in [6.07, 6.45) is 1.21. The van der Waals surface area contributed by atoms with E-state index in [-0.39, 0.29) is 11.5 Å². The fraction of sp³-hybridized carbons (Fsp3) is 0.267. The summed E-state index contributed by atoms with van der Waals surface area (Å²) in [5, 5.41) is 14.4. The van der Waals surface area contributed by atoms with Crippen LogP contribution in [-0.2, 0) is 4.74 Å². The minimum atomic E-state index is -0.625. The van der Waals surface area contributed by atoms with Crippen molar-refractivity contribution >= 4 is 34.7 Å². The summed E-state index contributed by atoms with van der Waals surface area (Å²) in [6, 6.07) is 15.5. The van der Waals surface area contributed by atoms with Crippen LogP contribution in [0.3, 0.4) is 0 Å². The fourth-order valence-corrected chi connectivity index (χ4v) is 4.24. The van der Waals surface area contributed by atoms with E-state index in [1.54, 1.807) is 37.4 Å². The summed E-state index contributed by atoms with van der Waals surface area (Å²) in [4.78, 5) is 30.6. The van der Waals surface area contributed by atoms with Crippen molar-refractivity contribution in [2.45, 2.75) is 46.3 Å². The van der Waals surface area contributed by atoms with Gasteiger partial charge in [-0.1, -0.05) is 18.2 Å². The normalized spacial score (nSPS) is 12.2. The molecule has 38 heavy (non-hydrogen) atoms. The molecule has 1 unspecified atom stereocenters. The Kier molecular flexibility index (Phi) is 7.35. The maximum atomic E-state index is 13.2. The monoisotopic (exact) mass is 512 g/mol. The van der Waals surface area contributed by atoms with E-state index in [2.05, 4.69) is 15.6 Å². The molecule has 8 nitrogen and oxygen atoms in total. The number of anilines is 2. The Labute approximate surface area is 221 Å². The van der Waals surface area contributed by atoms with Crippen molar-refractivity contribution in [1.29, 1.82) is 5.41 Å². The largest absolute Gasteiger partial charge is 0.456 e. The number of hydrogen-bond acceptors (Lipinski definition) is 8. The summed E-state index contributed by atoms with van der Waals surface area (Å²) in [6.45, 7) is 9.36. The van der Waals surface area contributed by atoms with Crippen LogP contribution in [0.4, 0.5) is 11.5 Å². The van der Waals surface area contributed by atoms with Crippen molar-refractivity contribution in [3.63, 3.8) is 0 Å². The van der Waals surface area contributed by atoms with Crippen LogP contribution in [0.2, 0.25) is 0 Å². The van der Waals surface area contributed by atoms with Crippen LogP contribution >= 0.6 is 0 Å². The second kappa shape index (κ2) is 10.5. The lowest BCUT2D eigenvalue weighted by atomic mass is 10.0. The molecule has 0 aliphatic carbocycles. The lowest BCUT2D eigenvalue weighted by Crippen LogP contribution is -2.24. The van der Waals surface area contributed by atoms with Crippen molar-refractivity contribution in [1.82, 2.24) is 4.98 Å². The van der Waals surface area contributed by atoms with Gasteiger partial charge in [0.25, 0.3) is 0 Å². The van der Waals surface area contributed by atoms with Gasteiger partial charge in [0, 0.05) is 36.1 Å². The number of hydrogen-bond donors (Lipinski definition) is 3. The molecule has 0 saturated carbocycles. The van der Waals surface area contributed by atoms with Crippen molar-refractivity contribution in [2.24, 2.45) is 0 Å². The maximum Gasteiger partial charge on any atom is 0.340 e. The number of benzene rings is 2. The number of nitrogens with one attached hydrogen (secondary N) is 3. The van der Waals surface area contributed by atoms with Gasteiger partial charge < -0.3 is 25.2 Å². The highest BCUT2D eigenvalue weighted by molar-refractivity contribution is 5.96. The van der Waals surface area contributed by atoms with Gasteiger partial charge >= 0.3 is 5.97 Å². The Morgan fingerprint density at radius 1 is 1.13 bits per heavy atom. The molecule has 4 rings (SSSR count). The van der Waals surface area contributed by atoms with Crippen LogP contribution in [0, 0.1) is 12.3 Å². The van der Waals surface area contributed by atoms with Crippen LogP contribution in [-0.4, -0.2) is 29.8 Å². The molecule has 0 radical (unpaired) electrons. The number of aryl methyl sites for hydroxylation is 1. The van der Waals surface area contributed by atoms with Crippen LogP contribution in [0.5, 0.6) is 0 Å². The molecule has 0 bridgehead atoms. The number of nitrogens with zero attached hydrogens (tertiary/aromatic N) is 1. The number of carbonyl (C=O) groups excluding carboxylic acids is 1. The predicted molar refractivity (Wildman–Crippen MR) is 152 cm³/mol. The second-order valence-electron chi connectivity index (χ2n) is 10.1. The molecular weight excluding hydrogens is 480 g/mol. The number of para-hydroxylation sites is 1. The van der Waals surface area contributed by atoms with Crippen molar-refractivity contribution in [3.05, 3.63) is 87.1 Å². The van der Waals surface area contributed by atoms with Crippen molar-refractivity contribution in [3.8, 4) is 11.5 Å². The van der Waals surface area contributed by atoms with E-state index in [0.717, 1.165) is 11.1 Å². The smallest absolute Gasteiger partial charge is 0.340 e. The first kappa shape index (κ1) is 26.6. The zero-order valence-corrected chi connectivity index (χ0v) is 22.4. The number of esters is 1. The van der Waals surface area contributed by atoms with E-state index in [1.807, 2.05) is 52.8 Å². The minimum absolute atomic E-state index is 0.184. The first-order valence-electron chi connectivity index (χ1n) is 12.4. The summed E-state index contributed by atoms with van der Waals surface area (Å²) in [7, 11) is 1.72. The van der Waals surface area contributed by atoms with E-state index >= 15 is 0 Å². The molecule has 0 fully saturated rings. The third kappa shape index (κ3) is 5.59. The highest BCUT2D eigenvalue weighted by atomic mass is 16.6. The van der Waals surface area contributed by atoms with E-state index in [9.17, 15) is 9.59 Å². The molecule has 1 atom stereocenters. The first-order chi connectivity index (χ1) is 18.0. The highest BCUT2D eigenvalue weighted by Gasteiger charge is 2.22. The fourth-order valence-electron chi connectivity index (χ4n) is 4.24. The van der Waals surface area contributed by atoms with E-state index in [1.165, 1.54) is 12.3 Å². The summed E-state index contributed by atoms with van der Waals surface area (Å²) in [5.41, 5.74) is 3.44. The van der Waals surface area contributed by atoms with Gasteiger partial charge in [0.2, 0.25) is 0 Å². The number of fused-ring (bicyclic) bond motifs is 1. The maximum absolute atomic E-state index is 13.2. The molecule has 8 heteroatoms. The molecule has 3 N–H and O–H groups in total. The standard InChI is InChI=1S/C30H32N4O4/c1-17-13-21(18(2)33-23-10-8-7-9-20(23)29(36)38-30(3,4)5)27-22(14-17)25(35)15-26(37-27)24-12-11-19(16-31)28(32-6)34-24/h7-16,18,31,33H,1-6H3,(H,32,34). The molecule has 0 spiro atoms. The molecule has 2 aromatic heterocycles. The Balaban J connectivity index is 1.79. The molecule has 0 amide bonds. The van der Waals surface area contributed by atoms with Crippen LogP contribution in [0.15, 0.2) is 63.8 Å². The van der Waals surface area contributed by atoms with Crippen molar-refractivity contribution < 1.29 is 13.9 Å². The zero-order valence-electron chi connectivity index (χ0n) is 22.4. The van der Waals surface area contributed by atoms with Gasteiger partial charge in [-0.2, -0.15) is 0 Å². The van der Waals surface area contributed by atoms with Crippen LogP contribution in [0.25, 0.3) is 22.4 Å². The Morgan fingerprint density at radius 2 is 1.87 bits per heavy atom. The lowest BCUT2D eigenvalue weighted by molar-refractivity contribution is 0.00706. The summed E-state index contributed by atoms with van der Waals surface area (Å²) in [5.74, 6) is 0.413. The average Bonchev–Trinajstić information content (AvgIpc) is 2.87. The zero-order chi connectivity index (χ0) is 27.6. The molecule has 0 aliphatic heterocycles. The number of pyridine rings is 1. The second-order valence-corrected chi connectivity index (χ2v) is 10.1. The highest BCUT2D eigenvalue weighted by Crippen LogP contribution is 2.32. The molecular formula is C30H32N4O4. The van der Waals surface area contributed by atoms with E-state index in [4.69, 9.17) is 14.6 Å². The van der Waals surface area contributed by atoms with Crippen molar-refractivity contribution in [2.75, 3.05) is 17.7 Å². The van der Waals surface area contributed by atoms with Gasteiger partial charge in [-0.3, -0.25) is 4.79 Å². The van der Waals surface area contributed by atoms with Gasteiger partial charge in [-0.15, -0.1) is 0 Å². The van der Waals surface area contributed by atoms with Gasteiger partial charge in [-0.05, 0) is 70.5 Å². The minimum Gasteiger partial charge on any atom is -0.456 e. The molecule has 2 aromatic carbocycles. The number of rotatable bonds is 7. The third-order valence-electron chi connectivity index (χ3n) is 5.96. The van der Waals surface area contributed by atoms with Gasteiger partial charge in [0.15, 0.2) is 11.2 Å². The Bertz CT molecular complexity index is 1580. The summed E-state index contributed by atoms with van der Waals surface area (Å²) < 4.78 is 11.9. The predicted octanol–water partition coefficient (Wildman–Crippen LogP) is 6.33. The van der Waals surface area contributed by atoms with E-state index < -0.39 is 11.6 Å². The van der Waals surface area contributed by atoms with Gasteiger partial charge in [0.05, 0.1) is 17.0 Å². The number of ether oxygens (including phenoxy) is 1. The SMILES string of the molecule is CNc1nc(-c2cc(=O)c3cc(C)cc(C(C)Nc4ccccc4C(=O)OC(C)(C)C)c3o2)ccc1C=N. The molecule has 4 aromatic rings. The number of carbonyl (C=O) groups is 1. The van der Waals surface area contributed by atoms with Crippen LogP contribution < -0.4 is 16.1 Å². The molecule has 0 saturated heterocycles. The first-order valence-corrected chi connectivity index (χ1v) is 12.4.